The van der Waals surface area contributed by atoms with Gasteiger partial charge in [0.1, 0.15) is 11.9 Å². The molecule has 1 fully saturated rings. The lowest BCUT2D eigenvalue weighted by atomic mass is 9.92. The first-order valence-corrected chi connectivity index (χ1v) is 8.23. The average molecular weight is 307 g/mol. The summed E-state index contributed by atoms with van der Waals surface area (Å²) in [6, 6.07) is 9.87. The predicted octanol–water partition coefficient (Wildman–Crippen LogP) is 2.84. The van der Waals surface area contributed by atoms with Crippen LogP contribution in [0, 0.1) is 17.8 Å². The third kappa shape index (κ3) is 2.58. The Balaban J connectivity index is 1.60. The molecule has 2 aromatic rings. The van der Waals surface area contributed by atoms with Gasteiger partial charge in [-0.1, -0.05) is 42.5 Å². The molecule has 4 atom stereocenters. The number of aromatic nitrogens is 2. The SMILES string of the molecule is Cn1ccnc1[C@@H](NC(=O)[C@@H]1C[C@H]2C=C[C@H]1C2)c1ccccc1. The summed E-state index contributed by atoms with van der Waals surface area (Å²) in [6.45, 7) is 0. The molecule has 2 aliphatic rings. The molecule has 1 aromatic heterocycles. The van der Waals surface area contributed by atoms with Gasteiger partial charge in [0, 0.05) is 25.4 Å². The van der Waals surface area contributed by atoms with Crippen LogP contribution < -0.4 is 5.32 Å². The minimum absolute atomic E-state index is 0.108. The molecule has 1 N–H and O–H groups in total. The Kier molecular flexibility index (Phi) is 3.52. The number of rotatable bonds is 4. The third-order valence-electron chi connectivity index (χ3n) is 5.15. The van der Waals surface area contributed by atoms with Gasteiger partial charge in [-0.2, -0.15) is 0 Å². The van der Waals surface area contributed by atoms with Crippen LogP contribution in [0.2, 0.25) is 0 Å². The molecule has 2 aliphatic carbocycles. The second kappa shape index (κ2) is 5.69. The van der Waals surface area contributed by atoms with Crippen LogP contribution in [0.1, 0.15) is 30.3 Å². The van der Waals surface area contributed by atoms with Crippen molar-refractivity contribution in [2.45, 2.75) is 18.9 Å². The molecule has 2 bridgehead atoms. The van der Waals surface area contributed by atoms with E-state index >= 15 is 0 Å². The van der Waals surface area contributed by atoms with Crippen LogP contribution in [0.25, 0.3) is 0 Å². The van der Waals surface area contributed by atoms with Crippen molar-refractivity contribution in [3.63, 3.8) is 0 Å². The molecule has 0 radical (unpaired) electrons. The zero-order valence-corrected chi connectivity index (χ0v) is 13.2. The van der Waals surface area contributed by atoms with Crippen molar-refractivity contribution in [3.05, 3.63) is 66.3 Å². The fourth-order valence-corrected chi connectivity index (χ4v) is 3.93. The number of benzene rings is 1. The van der Waals surface area contributed by atoms with E-state index in [1.165, 1.54) is 0 Å². The number of hydrogen-bond donors (Lipinski definition) is 1. The Bertz CT molecular complexity index is 734. The predicted molar refractivity (Wildman–Crippen MR) is 88.5 cm³/mol. The summed E-state index contributed by atoms with van der Waals surface area (Å²) >= 11 is 0. The quantitative estimate of drug-likeness (QED) is 0.883. The lowest BCUT2D eigenvalue weighted by Crippen LogP contribution is -2.37. The van der Waals surface area contributed by atoms with E-state index in [0.717, 1.165) is 24.2 Å². The smallest absolute Gasteiger partial charge is 0.224 e. The van der Waals surface area contributed by atoms with Crippen molar-refractivity contribution < 1.29 is 4.79 Å². The fourth-order valence-electron chi connectivity index (χ4n) is 3.93. The molecule has 0 spiro atoms. The maximum Gasteiger partial charge on any atom is 0.224 e. The van der Waals surface area contributed by atoms with Crippen LogP contribution in [0.5, 0.6) is 0 Å². The maximum atomic E-state index is 12.8. The number of nitrogens with zero attached hydrogens (tertiary/aromatic N) is 2. The number of imidazole rings is 1. The summed E-state index contributed by atoms with van der Waals surface area (Å²) in [5.41, 5.74) is 1.06. The zero-order chi connectivity index (χ0) is 15.8. The molecular formula is C19H21N3O. The van der Waals surface area contributed by atoms with Crippen molar-refractivity contribution in [1.29, 1.82) is 0 Å². The summed E-state index contributed by atoms with van der Waals surface area (Å²) in [6.07, 6.45) is 10.3. The first-order valence-electron chi connectivity index (χ1n) is 8.23. The van der Waals surface area contributed by atoms with E-state index in [0.29, 0.717) is 11.8 Å². The van der Waals surface area contributed by atoms with E-state index in [4.69, 9.17) is 0 Å². The van der Waals surface area contributed by atoms with Crippen molar-refractivity contribution in [1.82, 2.24) is 14.9 Å². The highest BCUT2D eigenvalue weighted by atomic mass is 16.2. The summed E-state index contributed by atoms with van der Waals surface area (Å²) in [4.78, 5) is 17.3. The summed E-state index contributed by atoms with van der Waals surface area (Å²) < 4.78 is 1.97. The molecule has 1 saturated carbocycles. The average Bonchev–Trinajstić information content (AvgIpc) is 3.30. The second-order valence-electron chi connectivity index (χ2n) is 6.64. The van der Waals surface area contributed by atoms with Crippen molar-refractivity contribution in [2.75, 3.05) is 0 Å². The minimum atomic E-state index is -0.202. The van der Waals surface area contributed by atoms with Crippen LogP contribution in [0.4, 0.5) is 0 Å². The molecule has 0 aliphatic heterocycles. The minimum Gasteiger partial charge on any atom is -0.342 e. The van der Waals surface area contributed by atoms with Gasteiger partial charge in [-0.05, 0) is 30.2 Å². The lowest BCUT2D eigenvalue weighted by molar-refractivity contribution is -0.126. The molecule has 0 saturated heterocycles. The Labute approximate surface area is 136 Å². The van der Waals surface area contributed by atoms with Crippen molar-refractivity contribution >= 4 is 5.91 Å². The van der Waals surface area contributed by atoms with Crippen LogP contribution >= 0.6 is 0 Å². The molecule has 118 valence electrons. The molecular weight excluding hydrogens is 286 g/mol. The van der Waals surface area contributed by atoms with Gasteiger partial charge >= 0.3 is 0 Å². The molecule has 1 heterocycles. The topological polar surface area (TPSA) is 46.9 Å². The van der Waals surface area contributed by atoms with E-state index in [2.05, 4.69) is 22.5 Å². The number of allylic oxidation sites excluding steroid dienone is 2. The highest BCUT2D eigenvalue weighted by Gasteiger charge is 2.40. The van der Waals surface area contributed by atoms with Gasteiger partial charge in [-0.15, -0.1) is 0 Å². The highest BCUT2D eigenvalue weighted by molar-refractivity contribution is 5.80. The maximum absolute atomic E-state index is 12.8. The first kappa shape index (κ1) is 14.2. The molecule has 4 heteroatoms. The molecule has 1 amide bonds. The van der Waals surface area contributed by atoms with Crippen LogP contribution in [0.15, 0.2) is 54.9 Å². The van der Waals surface area contributed by atoms with E-state index in [1.807, 2.05) is 48.1 Å². The van der Waals surface area contributed by atoms with Gasteiger partial charge in [0.2, 0.25) is 5.91 Å². The Morgan fingerprint density at radius 3 is 2.70 bits per heavy atom. The number of nitrogens with one attached hydrogen (secondary N) is 1. The molecule has 4 rings (SSSR count). The van der Waals surface area contributed by atoms with E-state index in [9.17, 15) is 4.79 Å². The normalized spacial score (nSPS) is 26.4. The van der Waals surface area contributed by atoms with Crippen molar-refractivity contribution in [2.24, 2.45) is 24.8 Å². The first-order chi connectivity index (χ1) is 11.2. The van der Waals surface area contributed by atoms with Crippen molar-refractivity contribution in [3.8, 4) is 0 Å². The number of aryl methyl sites for hydroxylation is 1. The van der Waals surface area contributed by atoms with Crippen LogP contribution in [-0.2, 0) is 11.8 Å². The summed E-state index contributed by atoms with van der Waals surface area (Å²) in [7, 11) is 1.96. The van der Waals surface area contributed by atoms with Gasteiger partial charge in [0.25, 0.3) is 0 Å². The lowest BCUT2D eigenvalue weighted by Gasteiger charge is -2.23. The molecule has 0 unspecified atom stereocenters. The van der Waals surface area contributed by atoms with Gasteiger partial charge in [-0.3, -0.25) is 4.79 Å². The van der Waals surface area contributed by atoms with E-state index < -0.39 is 0 Å². The van der Waals surface area contributed by atoms with E-state index in [-0.39, 0.29) is 17.9 Å². The van der Waals surface area contributed by atoms with Gasteiger partial charge < -0.3 is 9.88 Å². The molecule has 23 heavy (non-hydrogen) atoms. The number of carbonyl (C=O) groups is 1. The number of fused-ring (bicyclic) bond motifs is 2. The zero-order valence-electron chi connectivity index (χ0n) is 13.2. The van der Waals surface area contributed by atoms with Gasteiger partial charge in [0.05, 0.1) is 0 Å². The van der Waals surface area contributed by atoms with Crippen LogP contribution in [0.3, 0.4) is 0 Å². The number of hydrogen-bond acceptors (Lipinski definition) is 2. The Morgan fingerprint density at radius 2 is 2.09 bits per heavy atom. The molecule has 4 nitrogen and oxygen atoms in total. The Morgan fingerprint density at radius 1 is 1.26 bits per heavy atom. The summed E-state index contributed by atoms with van der Waals surface area (Å²) in [5, 5.41) is 3.25. The third-order valence-corrected chi connectivity index (χ3v) is 5.15. The second-order valence-corrected chi connectivity index (χ2v) is 6.64. The monoisotopic (exact) mass is 307 g/mol. The number of amides is 1. The molecule has 1 aromatic carbocycles. The largest absolute Gasteiger partial charge is 0.342 e. The van der Waals surface area contributed by atoms with E-state index in [1.54, 1.807) is 6.20 Å². The standard InChI is InChI=1S/C19H21N3O/c1-22-10-9-20-18(22)17(14-5-3-2-4-6-14)21-19(23)16-12-13-7-8-15(16)11-13/h2-10,13,15-17H,11-12H2,1H3,(H,21,23)/t13-,15-,16+,17-/m0/s1. The van der Waals surface area contributed by atoms with Gasteiger partial charge in [-0.25, -0.2) is 4.98 Å². The fraction of sp³-hybridized carbons (Fsp3) is 0.368. The Hall–Kier alpha value is -2.36. The van der Waals surface area contributed by atoms with Crippen LogP contribution in [-0.4, -0.2) is 15.5 Å². The highest BCUT2D eigenvalue weighted by Crippen LogP contribution is 2.43. The summed E-state index contributed by atoms with van der Waals surface area (Å²) in [5.74, 6) is 2.13. The van der Waals surface area contributed by atoms with Gasteiger partial charge in [0.15, 0.2) is 0 Å². The number of carbonyl (C=O) groups excluding carboxylic acids is 1.